The van der Waals surface area contributed by atoms with E-state index in [0.29, 0.717) is 5.75 Å². The van der Waals surface area contributed by atoms with E-state index in [9.17, 15) is 4.79 Å². The molecule has 0 bridgehead atoms. The summed E-state index contributed by atoms with van der Waals surface area (Å²) in [5.74, 6) is 0.409. The molecule has 0 radical (unpaired) electrons. The number of amides is 1. The van der Waals surface area contributed by atoms with Crippen molar-refractivity contribution in [3.05, 3.63) is 48.0 Å². The van der Waals surface area contributed by atoms with Gasteiger partial charge in [0, 0.05) is 13.1 Å². The number of rotatable bonds is 4. The second-order valence-electron chi connectivity index (χ2n) is 6.11. The molecule has 1 heterocycles. The standard InChI is InChI=1S/C19H22N2OS2/c1-14(16-10-6-8-15-7-2-3-9-17(15)16)20-18(22)13-24-19(23)21-11-4-5-12-21/h2-3,6-10,14H,4-5,11-13H2,1H3,(H,20,22)/t14-/m0/s1. The van der Waals surface area contributed by atoms with Gasteiger partial charge in [0.2, 0.25) is 5.91 Å². The molecule has 0 spiro atoms. The van der Waals surface area contributed by atoms with Crippen LogP contribution in [0.25, 0.3) is 10.8 Å². The van der Waals surface area contributed by atoms with Gasteiger partial charge in [-0.3, -0.25) is 4.79 Å². The number of nitrogens with zero attached hydrogens (tertiary/aromatic N) is 1. The number of fused-ring (bicyclic) bond motifs is 1. The molecule has 1 saturated heterocycles. The zero-order chi connectivity index (χ0) is 16.9. The third-order valence-electron chi connectivity index (χ3n) is 4.36. The molecule has 1 aliphatic rings. The molecule has 1 atom stereocenters. The molecule has 24 heavy (non-hydrogen) atoms. The van der Waals surface area contributed by atoms with Crippen molar-refractivity contribution in [2.24, 2.45) is 0 Å². The van der Waals surface area contributed by atoms with E-state index in [1.807, 2.05) is 25.1 Å². The van der Waals surface area contributed by atoms with Gasteiger partial charge in [0.15, 0.2) is 0 Å². The summed E-state index contributed by atoms with van der Waals surface area (Å²) in [5.41, 5.74) is 1.15. The first-order valence-corrected chi connectivity index (χ1v) is 9.73. The topological polar surface area (TPSA) is 32.3 Å². The Morgan fingerprint density at radius 3 is 2.71 bits per heavy atom. The maximum atomic E-state index is 12.3. The molecule has 2 aromatic carbocycles. The van der Waals surface area contributed by atoms with Gasteiger partial charge >= 0.3 is 0 Å². The van der Waals surface area contributed by atoms with Gasteiger partial charge in [-0.05, 0) is 36.1 Å². The maximum absolute atomic E-state index is 12.3. The highest BCUT2D eigenvalue weighted by Gasteiger charge is 2.17. The van der Waals surface area contributed by atoms with E-state index in [1.165, 1.54) is 35.4 Å². The number of hydrogen-bond acceptors (Lipinski definition) is 3. The molecule has 1 amide bonds. The lowest BCUT2D eigenvalue weighted by Gasteiger charge is -2.19. The quantitative estimate of drug-likeness (QED) is 0.833. The molecule has 1 fully saturated rings. The summed E-state index contributed by atoms with van der Waals surface area (Å²) in [6.45, 7) is 4.09. The van der Waals surface area contributed by atoms with Crippen LogP contribution in [-0.2, 0) is 4.79 Å². The first-order chi connectivity index (χ1) is 11.6. The average Bonchev–Trinajstić information content (AvgIpc) is 3.14. The second kappa shape index (κ2) is 7.99. The van der Waals surface area contributed by atoms with Crippen molar-refractivity contribution in [3.63, 3.8) is 0 Å². The number of hydrogen-bond donors (Lipinski definition) is 1. The normalized spacial score (nSPS) is 15.5. The summed E-state index contributed by atoms with van der Waals surface area (Å²) in [6, 6.07) is 14.5. The number of thioether (sulfide) groups is 1. The minimum absolute atomic E-state index is 0.0236. The Kier molecular flexibility index (Phi) is 5.74. The molecular weight excluding hydrogens is 336 g/mol. The summed E-state index contributed by atoms with van der Waals surface area (Å²) >= 11 is 6.88. The van der Waals surface area contributed by atoms with Gasteiger partial charge in [0.05, 0.1) is 11.8 Å². The molecule has 0 saturated carbocycles. The third kappa shape index (κ3) is 4.08. The van der Waals surface area contributed by atoms with Crippen molar-refractivity contribution in [2.45, 2.75) is 25.8 Å². The van der Waals surface area contributed by atoms with Crippen LogP contribution >= 0.6 is 24.0 Å². The molecule has 5 heteroatoms. The molecule has 1 N–H and O–H groups in total. The Morgan fingerprint density at radius 1 is 1.21 bits per heavy atom. The van der Waals surface area contributed by atoms with E-state index in [-0.39, 0.29) is 11.9 Å². The number of benzene rings is 2. The van der Waals surface area contributed by atoms with Crippen LogP contribution in [0.2, 0.25) is 0 Å². The van der Waals surface area contributed by atoms with Crippen molar-refractivity contribution in [1.29, 1.82) is 0 Å². The Bertz CT molecular complexity index is 736. The Balaban J connectivity index is 1.58. The molecule has 0 unspecified atom stereocenters. The number of thiocarbonyl (C=S) groups is 1. The lowest BCUT2D eigenvalue weighted by molar-refractivity contribution is -0.119. The lowest BCUT2D eigenvalue weighted by Crippen LogP contribution is -2.30. The van der Waals surface area contributed by atoms with Crippen molar-refractivity contribution in [2.75, 3.05) is 18.8 Å². The third-order valence-corrected chi connectivity index (χ3v) is 5.88. The van der Waals surface area contributed by atoms with E-state index in [1.54, 1.807) is 0 Å². The van der Waals surface area contributed by atoms with Crippen LogP contribution in [0.5, 0.6) is 0 Å². The highest BCUT2D eigenvalue weighted by molar-refractivity contribution is 8.23. The van der Waals surface area contributed by atoms with Crippen LogP contribution in [0, 0.1) is 0 Å². The summed E-state index contributed by atoms with van der Waals surface area (Å²) in [6.07, 6.45) is 2.40. The summed E-state index contributed by atoms with van der Waals surface area (Å²) in [7, 11) is 0. The zero-order valence-electron chi connectivity index (χ0n) is 13.8. The zero-order valence-corrected chi connectivity index (χ0v) is 15.5. The van der Waals surface area contributed by atoms with Gasteiger partial charge in [0.25, 0.3) is 0 Å². The molecule has 0 aromatic heterocycles. The Hall–Kier alpha value is -1.59. The van der Waals surface area contributed by atoms with E-state index in [2.05, 4.69) is 34.5 Å². The molecular formula is C19H22N2OS2. The van der Waals surface area contributed by atoms with Crippen LogP contribution < -0.4 is 5.32 Å². The first-order valence-electron chi connectivity index (χ1n) is 8.34. The number of likely N-dealkylation sites (tertiary alicyclic amines) is 1. The van der Waals surface area contributed by atoms with Gasteiger partial charge in [-0.1, -0.05) is 66.4 Å². The van der Waals surface area contributed by atoms with Crippen LogP contribution in [0.4, 0.5) is 0 Å². The minimum atomic E-state index is -0.0236. The van der Waals surface area contributed by atoms with Gasteiger partial charge in [-0.2, -0.15) is 0 Å². The first kappa shape index (κ1) is 17.2. The predicted octanol–water partition coefficient (Wildman–Crippen LogP) is 4.13. The van der Waals surface area contributed by atoms with E-state index in [0.717, 1.165) is 23.0 Å². The van der Waals surface area contributed by atoms with Crippen molar-refractivity contribution >= 4 is 45.0 Å². The SMILES string of the molecule is C[C@H](NC(=O)CSC(=S)N1CCCC1)c1cccc2ccccc12. The lowest BCUT2D eigenvalue weighted by atomic mass is 10.00. The van der Waals surface area contributed by atoms with Crippen LogP contribution in [0.3, 0.4) is 0 Å². The summed E-state index contributed by atoms with van der Waals surface area (Å²) in [5, 5.41) is 5.48. The molecule has 3 nitrogen and oxygen atoms in total. The molecule has 126 valence electrons. The highest BCUT2D eigenvalue weighted by Crippen LogP contribution is 2.24. The van der Waals surface area contributed by atoms with Crippen LogP contribution in [-0.4, -0.2) is 34.0 Å². The predicted molar refractivity (Wildman–Crippen MR) is 106 cm³/mol. The van der Waals surface area contributed by atoms with Crippen LogP contribution in [0.15, 0.2) is 42.5 Å². The Labute approximate surface area is 152 Å². The number of nitrogens with one attached hydrogen (secondary N) is 1. The van der Waals surface area contributed by atoms with Crippen molar-refractivity contribution in [3.8, 4) is 0 Å². The van der Waals surface area contributed by atoms with Crippen molar-refractivity contribution in [1.82, 2.24) is 10.2 Å². The van der Waals surface area contributed by atoms with E-state index >= 15 is 0 Å². The maximum Gasteiger partial charge on any atom is 0.230 e. The van der Waals surface area contributed by atoms with Gasteiger partial charge < -0.3 is 10.2 Å². The van der Waals surface area contributed by atoms with Gasteiger partial charge in [0.1, 0.15) is 4.32 Å². The number of carbonyl (C=O) groups is 1. The van der Waals surface area contributed by atoms with E-state index in [4.69, 9.17) is 12.2 Å². The van der Waals surface area contributed by atoms with Crippen molar-refractivity contribution < 1.29 is 4.79 Å². The average molecular weight is 359 g/mol. The molecule has 0 aliphatic carbocycles. The van der Waals surface area contributed by atoms with Gasteiger partial charge in [-0.15, -0.1) is 0 Å². The molecule has 1 aliphatic heterocycles. The fourth-order valence-electron chi connectivity index (χ4n) is 3.11. The Morgan fingerprint density at radius 2 is 1.92 bits per heavy atom. The second-order valence-corrected chi connectivity index (χ2v) is 7.72. The van der Waals surface area contributed by atoms with E-state index < -0.39 is 0 Å². The summed E-state index contributed by atoms with van der Waals surface area (Å²) in [4.78, 5) is 14.5. The smallest absolute Gasteiger partial charge is 0.230 e. The minimum Gasteiger partial charge on any atom is -0.358 e. The monoisotopic (exact) mass is 358 g/mol. The highest BCUT2D eigenvalue weighted by atomic mass is 32.2. The largest absolute Gasteiger partial charge is 0.358 e. The fourth-order valence-corrected chi connectivity index (χ4v) is 4.17. The molecule has 3 rings (SSSR count). The fraction of sp³-hybridized carbons (Fsp3) is 0.368. The molecule has 2 aromatic rings. The summed E-state index contributed by atoms with van der Waals surface area (Å²) < 4.78 is 0.848. The number of carbonyl (C=O) groups excluding carboxylic acids is 1. The van der Waals surface area contributed by atoms with Gasteiger partial charge in [-0.25, -0.2) is 0 Å². The van der Waals surface area contributed by atoms with Crippen LogP contribution in [0.1, 0.15) is 31.4 Å².